The number of primary amides is 1. The fourth-order valence-electron chi connectivity index (χ4n) is 10.3. The van der Waals surface area contributed by atoms with Gasteiger partial charge in [0.2, 0.25) is 41.4 Å². The third-order valence-electron chi connectivity index (χ3n) is 15.0. The molecule has 0 spiro atoms. The lowest BCUT2D eigenvalue weighted by Gasteiger charge is -2.29. The van der Waals surface area contributed by atoms with Gasteiger partial charge >= 0.3 is 6.09 Å². The Morgan fingerprint density at radius 3 is 2.15 bits per heavy atom. The number of allylic oxidation sites excluding steroid dienone is 1. The first-order chi connectivity index (χ1) is 41.5. The van der Waals surface area contributed by atoms with Crippen LogP contribution < -0.4 is 48.7 Å². The molecule has 0 saturated carbocycles. The maximum Gasteiger partial charge on any atom is 0.407 e. The molecular weight excluding hydrogens is 1150 g/mol. The van der Waals surface area contributed by atoms with E-state index in [2.05, 4.69) is 42.2 Å². The van der Waals surface area contributed by atoms with Gasteiger partial charge in [0.15, 0.2) is 5.78 Å². The molecule has 0 radical (unpaired) electrons. The van der Waals surface area contributed by atoms with Crippen molar-refractivity contribution in [2.75, 3.05) is 18.1 Å². The number of amides is 8. The smallest absolute Gasteiger partial charge is 0.407 e. The van der Waals surface area contributed by atoms with Crippen LogP contribution in [0.1, 0.15) is 94.5 Å². The van der Waals surface area contributed by atoms with E-state index in [-0.39, 0.29) is 62.3 Å². The van der Waals surface area contributed by atoms with E-state index in [4.69, 9.17) is 16.2 Å². The van der Waals surface area contributed by atoms with Crippen molar-refractivity contribution in [3.05, 3.63) is 143 Å². The number of aromatic amines is 1. The molecule has 1 aliphatic heterocycles. The fraction of sp³-hybridized carbons (Fsp3) is 0.422. The van der Waals surface area contributed by atoms with E-state index < -0.39 is 119 Å². The van der Waals surface area contributed by atoms with Gasteiger partial charge in [0.1, 0.15) is 41.6 Å². The van der Waals surface area contributed by atoms with E-state index in [0.717, 1.165) is 54.8 Å². The molecule has 1 saturated heterocycles. The van der Waals surface area contributed by atoms with Gasteiger partial charge in [0.05, 0.1) is 12.1 Å². The standard InChI is InChI=1S/C64H80N10O11S2/c1-37(2)55-62(83)73-53(61(82)70-50(56(66)77)32-43-34-68-48-20-12-11-19-46(43)48)36-87-86-35-52(72-58(79)47(65)30-38-15-7-6-8-16-38)54(76)33-42(29-39-22-26-44(75)27-23-39)57(78)71-51(31-41-25-24-40-17-9-10-18-45(40)41)60(81)69-49(59(80)74-55)21-13-14-28-67-63(84)85-64(3,4)5/h6-12,15-20,22-23,25-27,34,37,42,47,49-53,55,68,75H,13-14,21,24,28-33,35-36,65H2,1-5H3,(H2,66,77)(H,67,84)(H,69,81)(H,70,82)(H,71,78)(H,72,79)(H,73,83)(H,74,80)/t42-,47-,49+,50+,51-,52+,53+,55+/m1/s1. The Labute approximate surface area is 514 Å². The minimum atomic E-state index is -1.39. The normalized spacial score (nSPS) is 20.8. The lowest BCUT2D eigenvalue weighted by atomic mass is 9.90. The molecule has 2 aliphatic rings. The summed E-state index contributed by atoms with van der Waals surface area (Å²) in [7, 11) is 2.17. The maximum atomic E-state index is 15.1. The summed E-state index contributed by atoms with van der Waals surface area (Å²) < 4.78 is 5.39. The van der Waals surface area contributed by atoms with Gasteiger partial charge in [-0.1, -0.05) is 126 Å². The van der Waals surface area contributed by atoms with Crippen LogP contribution >= 0.6 is 21.6 Å². The number of H-pyrrole nitrogens is 1. The zero-order valence-electron chi connectivity index (χ0n) is 49.7. The monoisotopic (exact) mass is 1230 g/mol. The van der Waals surface area contributed by atoms with Crippen molar-refractivity contribution in [2.45, 2.75) is 140 Å². The molecule has 464 valence electrons. The van der Waals surface area contributed by atoms with Crippen LogP contribution in [0.2, 0.25) is 0 Å². The molecule has 21 nitrogen and oxygen atoms in total. The predicted octanol–water partition coefficient (Wildman–Crippen LogP) is 4.97. The predicted molar refractivity (Wildman–Crippen MR) is 336 cm³/mol. The highest BCUT2D eigenvalue weighted by Gasteiger charge is 2.37. The summed E-state index contributed by atoms with van der Waals surface area (Å²) in [6.45, 7) is 8.73. The number of hydrogen-bond donors (Lipinski definition) is 11. The van der Waals surface area contributed by atoms with Crippen LogP contribution in [0.4, 0.5) is 4.79 Å². The van der Waals surface area contributed by atoms with E-state index in [1.807, 2.05) is 84.9 Å². The molecule has 1 fully saturated rings. The number of ether oxygens (including phenoxy) is 1. The molecule has 0 unspecified atom stereocenters. The quantitative estimate of drug-likeness (QED) is 0.0384. The van der Waals surface area contributed by atoms with Gasteiger partial charge in [-0.3, -0.25) is 38.4 Å². The number of carbonyl (C=O) groups is 9. The summed E-state index contributed by atoms with van der Waals surface area (Å²) in [5.74, 6) is -7.92. The molecular formula is C64H80N10O11S2. The third kappa shape index (κ3) is 19.9. The molecule has 87 heavy (non-hydrogen) atoms. The molecule has 4 aromatic carbocycles. The molecule has 5 aromatic rings. The molecule has 1 aromatic heterocycles. The van der Waals surface area contributed by atoms with E-state index in [1.165, 1.54) is 12.1 Å². The Balaban J connectivity index is 1.25. The number of benzene rings is 4. The van der Waals surface area contributed by atoms with Crippen LogP contribution in [-0.2, 0) is 68.8 Å². The van der Waals surface area contributed by atoms with Crippen molar-refractivity contribution in [3.63, 3.8) is 0 Å². The fourth-order valence-corrected chi connectivity index (χ4v) is 12.6. The highest BCUT2D eigenvalue weighted by molar-refractivity contribution is 8.76. The zero-order valence-corrected chi connectivity index (χ0v) is 51.3. The van der Waals surface area contributed by atoms with Crippen molar-refractivity contribution in [3.8, 4) is 5.75 Å². The largest absolute Gasteiger partial charge is 0.508 e. The maximum absolute atomic E-state index is 15.1. The second kappa shape index (κ2) is 31.5. The van der Waals surface area contributed by atoms with Crippen LogP contribution in [0, 0.1) is 11.8 Å². The average Bonchev–Trinajstić information content (AvgIpc) is 4.05. The van der Waals surface area contributed by atoms with Crippen LogP contribution in [-0.4, -0.2) is 129 Å². The SMILES string of the molecule is CC(C)[C@@H]1NC(=O)[C@H](CCCCNC(=O)OC(C)(C)C)NC(=O)[C@@H](CC2=CCc3ccccc32)NC(=O)[C@H](Cc2ccc(O)cc2)CC(=O)[C@@H](NC(=O)[C@H](N)Cc2ccccc2)CSSC[C@@H](C(=O)N[C@@H](Cc2c[nH]c3ccccc23)C(N)=O)NC1=O. The number of Topliss-reactive ketones (excluding diaryl/α,β-unsaturated/α-hetero) is 1. The summed E-state index contributed by atoms with van der Waals surface area (Å²) in [5, 5.41) is 30.8. The van der Waals surface area contributed by atoms with Crippen LogP contribution in [0.25, 0.3) is 16.5 Å². The first-order valence-corrected chi connectivity index (χ1v) is 31.8. The van der Waals surface area contributed by atoms with Gasteiger partial charge < -0.3 is 63.5 Å². The zero-order chi connectivity index (χ0) is 62.8. The second-order valence-electron chi connectivity index (χ2n) is 23.3. The number of ketones is 1. The van der Waals surface area contributed by atoms with Crippen LogP contribution in [0.15, 0.2) is 115 Å². The van der Waals surface area contributed by atoms with Crippen molar-refractivity contribution in [2.24, 2.45) is 23.3 Å². The third-order valence-corrected chi connectivity index (χ3v) is 17.4. The summed E-state index contributed by atoms with van der Waals surface area (Å²) in [6, 6.07) is 21.3. The van der Waals surface area contributed by atoms with Gasteiger partial charge in [-0.25, -0.2) is 4.79 Å². The van der Waals surface area contributed by atoms with E-state index >= 15 is 9.59 Å². The number of para-hydroxylation sites is 1. The van der Waals surface area contributed by atoms with E-state index in [0.29, 0.717) is 24.0 Å². The Kier molecular flexibility index (Phi) is 24.0. The summed E-state index contributed by atoms with van der Waals surface area (Å²) >= 11 is 0. The van der Waals surface area contributed by atoms with Crippen LogP contribution in [0.3, 0.4) is 0 Å². The Morgan fingerprint density at radius 2 is 1.43 bits per heavy atom. The van der Waals surface area contributed by atoms with Gasteiger partial charge in [0, 0.05) is 60.3 Å². The highest BCUT2D eigenvalue weighted by Crippen LogP contribution is 2.32. The minimum absolute atomic E-state index is 0.00384. The van der Waals surface area contributed by atoms with Crippen molar-refractivity contribution in [1.82, 2.24) is 42.2 Å². The van der Waals surface area contributed by atoms with Gasteiger partial charge in [0.25, 0.3) is 0 Å². The molecule has 8 atom stereocenters. The highest BCUT2D eigenvalue weighted by atomic mass is 33.1. The van der Waals surface area contributed by atoms with Gasteiger partial charge in [-0.05, 0) is 117 Å². The molecule has 0 bridgehead atoms. The van der Waals surface area contributed by atoms with E-state index in [9.17, 15) is 38.7 Å². The number of alkyl carbamates (subject to hydrolysis) is 1. The molecule has 2 heterocycles. The Hall–Kier alpha value is -8.15. The number of phenolic OH excluding ortho intramolecular Hbond substituents is 1. The summed E-state index contributed by atoms with van der Waals surface area (Å²) in [5.41, 5.74) is 17.1. The van der Waals surface area contributed by atoms with Gasteiger partial charge in [-0.2, -0.15) is 0 Å². The number of nitrogens with two attached hydrogens (primary N) is 2. The van der Waals surface area contributed by atoms with Crippen molar-refractivity contribution >= 4 is 91.3 Å². The van der Waals surface area contributed by atoms with Gasteiger partial charge in [-0.15, -0.1) is 0 Å². The number of unbranched alkanes of at least 4 members (excludes halogenated alkanes) is 1. The lowest BCUT2D eigenvalue weighted by molar-refractivity contribution is -0.136. The number of carbonyl (C=O) groups excluding carboxylic acids is 9. The Bertz CT molecular complexity index is 3280. The molecule has 8 amide bonds. The molecule has 1 aliphatic carbocycles. The second-order valence-corrected chi connectivity index (χ2v) is 25.9. The number of hydrogen-bond acceptors (Lipinski definition) is 14. The number of aromatic hydroxyl groups is 1. The number of phenols is 1. The number of nitrogens with one attached hydrogen (secondary N) is 8. The Morgan fingerprint density at radius 1 is 0.747 bits per heavy atom. The number of aromatic nitrogens is 1. The minimum Gasteiger partial charge on any atom is -0.508 e. The van der Waals surface area contributed by atoms with Crippen LogP contribution in [0.5, 0.6) is 5.75 Å². The summed E-state index contributed by atoms with van der Waals surface area (Å²) in [6.07, 6.45) is 3.80. The first-order valence-electron chi connectivity index (χ1n) is 29.3. The molecule has 13 N–H and O–H groups in total. The molecule has 7 rings (SSSR count). The van der Waals surface area contributed by atoms with Crippen molar-refractivity contribution < 1.29 is 53.0 Å². The van der Waals surface area contributed by atoms with Crippen molar-refractivity contribution in [1.29, 1.82) is 0 Å². The van der Waals surface area contributed by atoms with E-state index in [1.54, 1.807) is 52.9 Å². The summed E-state index contributed by atoms with van der Waals surface area (Å²) in [4.78, 5) is 132. The average molecular weight is 1230 g/mol. The topological polar surface area (TPSA) is 335 Å². The number of fused-ring (bicyclic) bond motifs is 2. The number of rotatable bonds is 19. The lowest BCUT2D eigenvalue weighted by Crippen LogP contribution is -2.60. The first kappa shape index (κ1) is 66.4. The molecule has 23 heteroatoms.